The van der Waals surface area contributed by atoms with Gasteiger partial charge < -0.3 is 19.7 Å². The number of hydrogen-bond acceptors (Lipinski definition) is 5. The Morgan fingerprint density at radius 2 is 1.82 bits per heavy atom. The monoisotopic (exact) mass is 463 g/mol. The van der Waals surface area contributed by atoms with Crippen LogP contribution in [0.4, 0.5) is 13.2 Å². The number of carbonyl (C=O) groups is 1. The smallest absolute Gasteiger partial charge is 0.406 e. The molecule has 0 saturated carbocycles. The molecule has 2 N–H and O–H groups in total. The van der Waals surface area contributed by atoms with Crippen LogP contribution in [0.15, 0.2) is 47.3 Å². The normalized spacial score (nSPS) is 12.1. The van der Waals surface area contributed by atoms with E-state index in [-0.39, 0.29) is 24.4 Å². The van der Waals surface area contributed by atoms with Crippen molar-refractivity contribution < 1.29 is 27.8 Å². The van der Waals surface area contributed by atoms with Crippen molar-refractivity contribution in [3.05, 3.63) is 58.5 Å². The fourth-order valence-electron chi connectivity index (χ4n) is 3.37. The molecule has 7 nitrogen and oxygen atoms in total. The zero-order valence-electron chi connectivity index (χ0n) is 18.4. The maximum atomic E-state index is 13.2. The van der Waals surface area contributed by atoms with E-state index in [2.05, 4.69) is 15.0 Å². The number of benzene rings is 2. The SMILES string of the molecule is CC(C)(C)c1nc2ccc(-c3cccc(OC(F)(F)F)c3)cc2n(CCNC(=O)CO)c1=O. The number of aliphatic hydroxyl groups excluding tert-OH is 1. The van der Waals surface area contributed by atoms with Crippen LogP contribution in [0.2, 0.25) is 0 Å². The molecule has 1 amide bonds. The second-order valence-electron chi connectivity index (χ2n) is 8.45. The second-order valence-corrected chi connectivity index (χ2v) is 8.45. The van der Waals surface area contributed by atoms with E-state index >= 15 is 0 Å². The maximum absolute atomic E-state index is 13.2. The van der Waals surface area contributed by atoms with Gasteiger partial charge in [0.05, 0.1) is 11.0 Å². The molecular formula is C23H24F3N3O4. The molecule has 33 heavy (non-hydrogen) atoms. The van der Waals surface area contributed by atoms with E-state index in [9.17, 15) is 22.8 Å². The van der Waals surface area contributed by atoms with Crippen LogP contribution < -0.4 is 15.6 Å². The average Bonchev–Trinajstić information content (AvgIpc) is 2.72. The van der Waals surface area contributed by atoms with Crippen molar-refractivity contribution in [2.24, 2.45) is 0 Å². The Morgan fingerprint density at radius 3 is 2.45 bits per heavy atom. The van der Waals surface area contributed by atoms with Crippen LogP contribution in [-0.2, 0) is 16.8 Å². The number of alkyl halides is 3. The Labute approximate surface area is 187 Å². The van der Waals surface area contributed by atoms with Gasteiger partial charge in [0.1, 0.15) is 18.1 Å². The Morgan fingerprint density at radius 1 is 1.12 bits per heavy atom. The van der Waals surface area contributed by atoms with E-state index in [1.54, 1.807) is 24.3 Å². The van der Waals surface area contributed by atoms with E-state index in [0.717, 1.165) is 0 Å². The molecular weight excluding hydrogens is 439 g/mol. The number of aromatic nitrogens is 2. The number of carbonyl (C=O) groups excluding carboxylic acids is 1. The van der Waals surface area contributed by atoms with Crippen LogP contribution in [0.5, 0.6) is 5.75 Å². The minimum Gasteiger partial charge on any atom is -0.406 e. The first-order chi connectivity index (χ1) is 15.4. The molecule has 0 saturated heterocycles. The Balaban J connectivity index is 2.11. The third-order valence-electron chi connectivity index (χ3n) is 4.86. The minimum absolute atomic E-state index is 0.0983. The first kappa shape index (κ1) is 24.2. The number of rotatable bonds is 6. The topological polar surface area (TPSA) is 93.4 Å². The van der Waals surface area contributed by atoms with Crippen LogP contribution in [0.3, 0.4) is 0 Å². The van der Waals surface area contributed by atoms with Crippen molar-refractivity contribution in [1.82, 2.24) is 14.9 Å². The molecule has 0 aliphatic rings. The lowest BCUT2D eigenvalue weighted by Crippen LogP contribution is -2.36. The molecule has 0 bridgehead atoms. The fourth-order valence-corrected chi connectivity index (χ4v) is 3.37. The largest absolute Gasteiger partial charge is 0.573 e. The first-order valence-corrected chi connectivity index (χ1v) is 10.2. The highest BCUT2D eigenvalue weighted by Crippen LogP contribution is 2.30. The third-order valence-corrected chi connectivity index (χ3v) is 4.86. The number of halogens is 3. The molecule has 0 unspecified atom stereocenters. The summed E-state index contributed by atoms with van der Waals surface area (Å²) >= 11 is 0. The van der Waals surface area contributed by atoms with Crippen molar-refractivity contribution in [2.45, 2.75) is 39.1 Å². The maximum Gasteiger partial charge on any atom is 0.573 e. The molecule has 0 fully saturated rings. The van der Waals surface area contributed by atoms with Crippen LogP contribution >= 0.6 is 0 Å². The molecule has 0 spiro atoms. The van der Waals surface area contributed by atoms with Gasteiger partial charge in [0.25, 0.3) is 5.56 Å². The quantitative estimate of drug-likeness (QED) is 0.585. The number of nitrogens with one attached hydrogen (secondary N) is 1. The molecule has 3 aromatic rings. The zero-order valence-corrected chi connectivity index (χ0v) is 18.4. The zero-order chi connectivity index (χ0) is 24.4. The predicted octanol–water partition coefficient (Wildman–Crippen LogP) is 3.37. The second kappa shape index (κ2) is 9.22. The molecule has 1 heterocycles. The van der Waals surface area contributed by atoms with Crippen LogP contribution in [0, 0.1) is 0 Å². The summed E-state index contributed by atoms with van der Waals surface area (Å²) in [6.07, 6.45) is -4.81. The molecule has 0 radical (unpaired) electrons. The predicted molar refractivity (Wildman–Crippen MR) is 117 cm³/mol. The summed E-state index contributed by atoms with van der Waals surface area (Å²) in [7, 11) is 0. The highest BCUT2D eigenvalue weighted by Gasteiger charge is 2.31. The molecule has 3 rings (SSSR count). The van der Waals surface area contributed by atoms with Crippen molar-refractivity contribution in [2.75, 3.05) is 13.2 Å². The first-order valence-electron chi connectivity index (χ1n) is 10.2. The van der Waals surface area contributed by atoms with Crippen molar-refractivity contribution in [3.8, 4) is 16.9 Å². The van der Waals surface area contributed by atoms with Gasteiger partial charge in [-0.2, -0.15) is 0 Å². The van der Waals surface area contributed by atoms with E-state index in [4.69, 9.17) is 5.11 Å². The molecule has 176 valence electrons. The van der Waals surface area contributed by atoms with Crippen molar-refractivity contribution >= 4 is 16.9 Å². The van der Waals surface area contributed by atoms with E-state index in [1.165, 1.54) is 22.8 Å². The Hall–Kier alpha value is -3.40. The standard InChI is InChI=1S/C23H24F3N3O4/c1-22(2,3)20-21(32)29(10-9-27-19(31)13-30)18-12-15(7-8-17(18)28-20)14-5-4-6-16(11-14)33-23(24,25)26/h4-8,11-12,30H,9-10,13H2,1-3H3,(H,27,31). The van der Waals surface area contributed by atoms with Gasteiger partial charge in [-0.1, -0.05) is 39.0 Å². The Kier molecular flexibility index (Phi) is 6.78. The van der Waals surface area contributed by atoms with Gasteiger partial charge in [-0.25, -0.2) is 4.98 Å². The van der Waals surface area contributed by atoms with Gasteiger partial charge in [0.2, 0.25) is 5.91 Å². The summed E-state index contributed by atoms with van der Waals surface area (Å²) in [6.45, 7) is 5.14. The molecule has 0 aliphatic carbocycles. The summed E-state index contributed by atoms with van der Waals surface area (Å²) in [4.78, 5) is 29.2. The lowest BCUT2D eigenvalue weighted by atomic mass is 9.92. The summed E-state index contributed by atoms with van der Waals surface area (Å²) in [6, 6.07) is 10.6. The lowest BCUT2D eigenvalue weighted by molar-refractivity contribution is -0.274. The third kappa shape index (κ3) is 5.89. The van der Waals surface area contributed by atoms with Gasteiger partial charge >= 0.3 is 6.36 Å². The van der Waals surface area contributed by atoms with Gasteiger partial charge in [0.15, 0.2) is 0 Å². The molecule has 10 heteroatoms. The number of amides is 1. The number of ether oxygens (including phenoxy) is 1. The molecule has 0 atom stereocenters. The summed E-state index contributed by atoms with van der Waals surface area (Å²) in [5, 5.41) is 11.4. The highest BCUT2D eigenvalue weighted by molar-refractivity contribution is 5.82. The van der Waals surface area contributed by atoms with E-state index in [0.29, 0.717) is 27.9 Å². The van der Waals surface area contributed by atoms with Gasteiger partial charge in [-0.15, -0.1) is 13.2 Å². The average molecular weight is 463 g/mol. The minimum atomic E-state index is -4.81. The summed E-state index contributed by atoms with van der Waals surface area (Å²) in [5.74, 6) is -0.926. The van der Waals surface area contributed by atoms with E-state index in [1.807, 2.05) is 20.8 Å². The van der Waals surface area contributed by atoms with Crippen molar-refractivity contribution in [1.29, 1.82) is 0 Å². The fraction of sp³-hybridized carbons (Fsp3) is 0.348. The van der Waals surface area contributed by atoms with Crippen LogP contribution in [0.25, 0.3) is 22.2 Å². The van der Waals surface area contributed by atoms with Gasteiger partial charge in [0, 0.05) is 18.5 Å². The highest BCUT2D eigenvalue weighted by atomic mass is 19.4. The number of nitrogens with zero attached hydrogens (tertiary/aromatic N) is 2. The molecule has 2 aromatic carbocycles. The number of fused-ring (bicyclic) bond motifs is 1. The van der Waals surface area contributed by atoms with Crippen LogP contribution in [-0.4, -0.2) is 40.1 Å². The summed E-state index contributed by atoms with van der Waals surface area (Å²) in [5.41, 5.74) is 1.49. The van der Waals surface area contributed by atoms with E-state index < -0.39 is 24.3 Å². The Bertz CT molecular complexity index is 1230. The molecule has 1 aromatic heterocycles. The number of aliphatic hydroxyl groups is 1. The van der Waals surface area contributed by atoms with Gasteiger partial charge in [-0.05, 0) is 35.4 Å². The number of hydrogen-bond donors (Lipinski definition) is 2. The summed E-state index contributed by atoms with van der Waals surface area (Å²) < 4.78 is 43.3. The van der Waals surface area contributed by atoms with Crippen LogP contribution in [0.1, 0.15) is 26.5 Å². The van der Waals surface area contributed by atoms with Crippen molar-refractivity contribution in [3.63, 3.8) is 0 Å². The lowest BCUT2D eigenvalue weighted by Gasteiger charge is -2.20. The van der Waals surface area contributed by atoms with Gasteiger partial charge in [-0.3, -0.25) is 9.59 Å². The molecule has 0 aliphatic heterocycles.